The van der Waals surface area contributed by atoms with Crippen molar-refractivity contribution in [1.29, 1.82) is 0 Å². The van der Waals surface area contributed by atoms with E-state index in [2.05, 4.69) is 5.32 Å². The van der Waals surface area contributed by atoms with Crippen LogP contribution >= 0.6 is 0 Å². The van der Waals surface area contributed by atoms with E-state index in [1.807, 2.05) is 0 Å². The van der Waals surface area contributed by atoms with Crippen molar-refractivity contribution < 1.29 is 9.47 Å². The van der Waals surface area contributed by atoms with E-state index in [1.54, 1.807) is 0 Å². The fourth-order valence-electron chi connectivity index (χ4n) is 1.41. The van der Waals surface area contributed by atoms with Crippen LogP contribution in [0.4, 0.5) is 0 Å². The highest BCUT2D eigenvalue weighted by Crippen LogP contribution is 2.06. The minimum absolute atomic E-state index is 0.590. The predicted molar refractivity (Wildman–Crippen MR) is 51.7 cm³/mol. The van der Waals surface area contributed by atoms with Gasteiger partial charge in [0.15, 0.2) is 0 Å². The lowest BCUT2D eigenvalue weighted by atomic mass is 10.1. The SMILES string of the molecule is NCCOCCOC[C@H]1CCNC1. The Morgan fingerprint density at radius 3 is 2.77 bits per heavy atom. The predicted octanol–water partition coefficient (Wildman–Crippen LogP) is -0.412. The van der Waals surface area contributed by atoms with Crippen LogP contribution in [0.3, 0.4) is 0 Å². The second-order valence-electron chi connectivity index (χ2n) is 3.33. The molecule has 0 spiro atoms. The maximum atomic E-state index is 5.46. The lowest BCUT2D eigenvalue weighted by molar-refractivity contribution is 0.0383. The van der Waals surface area contributed by atoms with Crippen LogP contribution in [-0.2, 0) is 9.47 Å². The molecular formula is C9H20N2O2. The van der Waals surface area contributed by atoms with Gasteiger partial charge in [0.1, 0.15) is 0 Å². The number of nitrogens with two attached hydrogens (primary N) is 1. The van der Waals surface area contributed by atoms with Crippen molar-refractivity contribution in [1.82, 2.24) is 5.32 Å². The fraction of sp³-hybridized carbons (Fsp3) is 1.00. The third-order valence-corrected chi connectivity index (χ3v) is 2.15. The average Bonchev–Trinajstić information content (AvgIpc) is 2.63. The summed E-state index contributed by atoms with van der Waals surface area (Å²) in [5.41, 5.74) is 5.27. The van der Waals surface area contributed by atoms with Crippen LogP contribution in [0.5, 0.6) is 0 Å². The highest BCUT2D eigenvalue weighted by molar-refractivity contribution is 4.69. The van der Waals surface area contributed by atoms with Gasteiger partial charge in [-0.15, -0.1) is 0 Å². The minimum Gasteiger partial charge on any atom is -0.379 e. The van der Waals surface area contributed by atoms with Gasteiger partial charge in [-0.3, -0.25) is 0 Å². The van der Waals surface area contributed by atoms with E-state index in [0.29, 0.717) is 32.3 Å². The topological polar surface area (TPSA) is 56.5 Å². The van der Waals surface area contributed by atoms with Gasteiger partial charge in [-0.25, -0.2) is 0 Å². The van der Waals surface area contributed by atoms with Crippen molar-refractivity contribution in [2.24, 2.45) is 11.7 Å². The highest BCUT2D eigenvalue weighted by Gasteiger charge is 2.13. The van der Waals surface area contributed by atoms with Gasteiger partial charge in [0.2, 0.25) is 0 Å². The lowest BCUT2D eigenvalue weighted by Crippen LogP contribution is -2.16. The first-order valence-corrected chi connectivity index (χ1v) is 4.99. The molecule has 1 fully saturated rings. The van der Waals surface area contributed by atoms with Crippen molar-refractivity contribution >= 4 is 0 Å². The second-order valence-corrected chi connectivity index (χ2v) is 3.33. The summed E-state index contributed by atoms with van der Waals surface area (Å²) in [6.07, 6.45) is 1.24. The summed E-state index contributed by atoms with van der Waals surface area (Å²) in [4.78, 5) is 0. The molecule has 0 amide bonds. The zero-order valence-corrected chi connectivity index (χ0v) is 8.13. The molecule has 3 N–H and O–H groups in total. The Labute approximate surface area is 79.8 Å². The van der Waals surface area contributed by atoms with E-state index in [4.69, 9.17) is 15.2 Å². The summed E-state index contributed by atoms with van der Waals surface area (Å²) in [6, 6.07) is 0. The molecule has 0 aromatic carbocycles. The first-order valence-electron chi connectivity index (χ1n) is 4.99. The average molecular weight is 188 g/mol. The summed E-state index contributed by atoms with van der Waals surface area (Å²) < 4.78 is 10.6. The maximum Gasteiger partial charge on any atom is 0.0701 e. The standard InChI is InChI=1S/C9H20N2O2/c10-2-4-12-5-6-13-8-9-1-3-11-7-9/h9,11H,1-8,10H2/t9-/m0/s1. The van der Waals surface area contributed by atoms with Crippen molar-refractivity contribution in [3.8, 4) is 0 Å². The Balaban J connectivity index is 1.78. The van der Waals surface area contributed by atoms with E-state index in [9.17, 15) is 0 Å². The van der Waals surface area contributed by atoms with Crippen LogP contribution < -0.4 is 11.1 Å². The van der Waals surface area contributed by atoms with Gasteiger partial charge >= 0.3 is 0 Å². The maximum absolute atomic E-state index is 5.46. The van der Waals surface area contributed by atoms with Crippen LogP contribution in [0.2, 0.25) is 0 Å². The fourth-order valence-corrected chi connectivity index (χ4v) is 1.41. The summed E-state index contributed by atoms with van der Waals surface area (Å²) in [7, 11) is 0. The number of hydrogen-bond acceptors (Lipinski definition) is 4. The molecule has 0 aliphatic carbocycles. The summed E-state index contributed by atoms with van der Waals surface area (Å²) >= 11 is 0. The Hall–Kier alpha value is -0.160. The monoisotopic (exact) mass is 188 g/mol. The number of nitrogens with one attached hydrogen (secondary N) is 1. The van der Waals surface area contributed by atoms with Crippen LogP contribution in [0.25, 0.3) is 0 Å². The molecule has 1 saturated heterocycles. The van der Waals surface area contributed by atoms with Gasteiger partial charge in [0.05, 0.1) is 26.4 Å². The molecule has 0 aromatic heterocycles. The van der Waals surface area contributed by atoms with Crippen LogP contribution in [0.1, 0.15) is 6.42 Å². The molecule has 13 heavy (non-hydrogen) atoms. The van der Waals surface area contributed by atoms with Crippen LogP contribution in [0.15, 0.2) is 0 Å². The molecule has 1 aliphatic heterocycles. The first-order chi connectivity index (χ1) is 6.43. The Morgan fingerprint density at radius 2 is 2.08 bits per heavy atom. The molecular weight excluding hydrogens is 168 g/mol. The Kier molecular flexibility index (Phi) is 6.10. The van der Waals surface area contributed by atoms with Gasteiger partial charge < -0.3 is 20.5 Å². The van der Waals surface area contributed by atoms with Gasteiger partial charge in [0, 0.05) is 13.1 Å². The molecule has 4 heteroatoms. The minimum atomic E-state index is 0.590. The molecule has 1 aliphatic rings. The molecule has 0 radical (unpaired) electrons. The van der Waals surface area contributed by atoms with Crippen molar-refractivity contribution in [3.05, 3.63) is 0 Å². The molecule has 0 bridgehead atoms. The largest absolute Gasteiger partial charge is 0.379 e. The zero-order chi connectivity index (χ0) is 9.36. The molecule has 1 heterocycles. The van der Waals surface area contributed by atoms with E-state index >= 15 is 0 Å². The summed E-state index contributed by atoms with van der Waals surface area (Å²) in [6.45, 7) is 5.68. The second kappa shape index (κ2) is 7.26. The van der Waals surface area contributed by atoms with Crippen molar-refractivity contribution in [2.75, 3.05) is 46.1 Å². The molecule has 0 aromatic rings. The molecule has 78 valence electrons. The number of hydrogen-bond donors (Lipinski definition) is 2. The first kappa shape index (κ1) is 10.9. The highest BCUT2D eigenvalue weighted by atomic mass is 16.5. The van der Waals surface area contributed by atoms with Gasteiger partial charge in [-0.2, -0.15) is 0 Å². The van der Waals surface area contributed by atoms with Crippen LogP contribution in [0, 0.1) is 5.92 Å². The summed E-state index contributed by atoms with van der Waals surface area (Å²) in [5, 5.41) is 3.31. The van der Waals surface area contributed by atoms with E-state index in [0.717, 1.165) is 19.7 Å². The Bertz CT molecular complexity index is 116. The normalized spacial score (nSPS) is 22.4. The smallest absolute Gasteiger partial charge is 0.0701 e. The third kappa shape index (κ3) is 5.21. The van der Waals surface area contributed by atoms with Gasteiger partial charge in [-0.05, 0) is 18.9 Å². The van der Waals surface area contributed by atoms with E-state index < -0.39 is 0 Å². The van der Waals surface area contributed by atoms with E-state index in [1.165, 1.54) is 6.42 Å². The van der Waals surface area contributed by atoms with Crippen LogP contribution in [-0.4, -0.2) is 46.1 Å². The molecule has 1 atom stereocenters. The third-order valence-electron chi connectivity index (χ3n) is 2.15. The summed E-state index contributed by atoms with van der Waals surface area (Å²) in [5.74, 6) is 0.703. The molecule has 4 nitrogen and oxygen atoms in total. The van der Waals surface area contributed by atoms with Gasteiger partial charge in [-0.1, -0.05) is 0 Å². The number of ether oxygens (including phenoxy) is 2. The Morgan fingerprint density at radius 1 is 1.23 bits per heavy atom. The quantitative estimate of drug-likeness (QED) is 0.533. The zero-order valence-electron chi connectivity index (χ0n) is 8.13. The van der Waals surface area contributed by atoms with Crippen molar-refractivity contribution in [3.63, 3.8) is 0 Å². The molecule has 0 unspecified atom stereocenters. The van der Waals surface area contributed by atoms with Crippen molar-refractivity contribution in [2.45, 2.75) is 6.42 Å². The number of rotatable bonds is 7. The van der Waals surface area contributed by atoms with Gasteiger partial charge in [0.25, 0.3) is 0 Å². The van der Waals surface area contributed by atoms with E-state index in [-0.39, 0.29) is 0 Å². The lowest BCUT2D eigenvalue weighted by Gasteiger charge is -2.09. The molecule has 0 saturated carbocycles. The molecule has 1 rings (SSSR count).